The molecule has 2 fully saturated rings. The maximum Gasteiger partial charge on any atom is 0.417 e. The van der Waals surface area contributed by atoms with E-state index in [1.807, 2.05) is 0 Å². The number of aromatic nitrogens is 1. The van der Waals surface area contributed by atoms with Gasteiger partial charge < -0.3 is 25.0 Å². The Morgan fingerprint density at radius 2 is 1.97 bits per heavy atom. The molecule has 0 bridgehead atoms. The third-order valence-corrected chi connectivity index (χ3v) is 7.88. The molecule has 2 N–H and O–H groups in total. The van der Waals surface area contributed by atoms with Crippen molar-refractivity contribution in [1.29, 1.82) is 0 Å². The number of methoxy groups -OCH3 is 1. The Kier molecular flexibility index (Phi) is 6.33. The largest absolute Gasteiger partial charge is 0.493 e. The average molecular weight is 540 g/mol. The highest BCUT2D eigenvalue weighted by Crippen LogP contribution is 2.55. The molecular formula is C25H25F5N4O4. The van der Waals surface area contributed by atoms with E-state index in [1.54, 1.807) is 4.90 Å². The molecule has 0 radical (unpaired) electrons. The third-order valence-electron chi connectivity index (χ3n) is 7.88. The maximum absolute atomic E-state index is 14.6. The summed E-state index contributed by atoms with van der Waals surface area (Å²) in [5, 5.41) is 5.68. The second kappa shape index (κ2) is 9.16. The highest BCUT2D eigenvalue weighted by atomic mass is 19.4. The van der Waals surface area contributed by atoms with Gasteiger partial charge in [0.05, 0.1) is 19.7 Å². The van der Waals surface area contributed by atoms with Gasteiger partial charge >= 0.3 is 6.18 Å². The van der Waals surface area contributed by atoms with Crippen molar-refractivity contribution in [2.45, 2.75) is 50.2 Å². The van der Waals surface area contributed by atoms with Crippen LogP contribution in [0.15, 0.2) is 24.4 Å². The van der Waals surface area contributed by atoms with E-state index >= 15 is 0 Å². The second-order valence-electron chi connectivity index (χ2n) is 9.86. The van der Waals surface area contributed by atoms with Crippen LogP contribution in [0.25, 0.3) is 0 Å². The van der Waals surface area contributed by atoms with E-state index in [9.17, 15) is 31.5 Å². The van der Waals surface area contributed by atoms with Crippen molar-refractivity contribution in [3.63, 3.8) is 0 Å². The van der Waals surface area contributed by atoms with Crippen molar-refractivity contribution in [3.05, 3.63) is 52.9 Å². The molecule has 0 aliphatic carbocycles. The van der Waals surface area contributed by atoms with Crippen molar-refractivity contribution in [3.8, 4) is 5.75 Å². The predicted octanol–water partition coefficient (Wildman–Crippen LogP) is 3.37. The lowest BCUT2D eigenvalue weighted by molar-refractivity contribution is -0.272. The molecule has 0 unspecified atom stereocenters. The zero-order valence-electron chi connectivity index (χ0n) is 20.7. The van der Waals surface area contributed by atoms with Crippen LogP contribution in [0.5, 0.6) is 5.75 Å². The average Bonchev–Trinajstić information content (AvgIpc) is 3.30. The Bertz CT molecular complexity index is 1300. The molecule has 5 rings (SSSR count). The number of hydrogen-bond donors (Lipinski definition) is 2. The molecule has 1 aromatic carbocycles. The first-order valence-corrected chi connectivity index (χ1v) is 12.0. The molecular weight excluding hydrogens is 515 g/mol. The number of carbonyl (C=O) groups is 2. The van der Waals surface area contributed by atoms with Crippen LogP contribution in [-0.2, 0) is 16.1 Å². The molecule has 0 saturated carbocycles. The summed E-state index contributed by atoms with van der Waals surface area (Å²) in [4.78, 5) is 32.1. The van der Waals surface area contributed by atoms with Crippen LogP contribution in [0.1, 0.15) is 41.4 Å². The molecule has 1 aromatic heterocycles. The van der Waals surface area contributed by atoms with Gasteiger partial charge in [0.2, 0.25) is 5.82 Å². The van der Waals surface area contributed by atoms with Gasteiger partial charge in [-0.25, -0.2) is 4.39 Å². The van der Waals surface area contributed by atoms with Crippen molar-refractivity contribution < 1.29 is 41.0 Å². The van der Waals surface area contributed by atoms with E-state index in [-0.39, 0.29) is 35.4 Å². The number of carbonyl (C=O) groups excluding carboxylic acids is 2. The fraction of sp³-hybridized carbons (Fsp3) is 0.480. The number of alkyl halides is 3. The Morgan fingerprint density at radius 1 is 1.26 bits per heavy atom. The summed E-state index contributed by atoms with van der Waals surface area (Å²) in [6.45, 7) is 3.45. The predicted molar refractivity (Wildman–Crippen MR) is 124 cm³/mol. The smallest absolute Gasteiger partial charge is 0.417 e. The first-order valence-electron chi connectivity index (χ1n) is 12.0. The summed E-state index contributed by atoms with van der Waals surface area (Å²) < 4.78 is 81.4. The van der Waals surface area contributed by atoms with E-state index in [0.717, 1.165) is 26.2 Å². The Labute approximate surface area is 214 Å². The number of rotatable bonds is 5. The van der Waals surface area contributed by atoms with Gasteiger partial charge in [-0.15, -0.1) is 0 Å². The molecule has 2 aromatic rings. The van der Waals surface area contributed by atoms with E-state index in [4.69, 9.17) is 9.47 Å². The van der Waals surface area contributed by atoms with E-state index < -0.39 is 53.0 Å². The zero-order valence-corrected chi connectivity index (χ0v) is 20.7. The minimum absolute atomic E-state index is 0.0306. The normalized spacial score (nSPS) is 27.3. The number of benzene rings is 1. The SMILES string of the molecule is COc1c([C@H]2[C@H](C(=O)Nc3ccnc4c3CN(C3CNC3)C4=O)O[C@@](C)(C(F)(F)F)[C@H]2C)ccc(F)c1F. The van der Waals surface area contributed by atoms with E-state index in [1.165, 1.54) is 19.2 Å². The number of fused-ring (bicyclic) bond motifs is 1. The maximum atomic E-state index is 14.6. The molecule has 4 heterocycles. The first-order chi connectivity index (χ1) is 17.9. The van der Waals surface area contributed by atoms with Crippen LogP contribution in [-0.4, -0.2) is 65.8 Å². The second-order valence-corrected chi connectivity index (χ2v) is 9.86. The van der Waals surface area contributed by atoms with Crippen molar-refractivity contribution in [2.75, 3.05) is 25.5 Å². The number of nitrogens with one attached hydrogen (secondary N) is 2. The topological polar surface area (TPSA) is 92.8 Å². The molecule has 3 aliphatic heterocycles. The van der Waals surface area contributed by atoms with Crippen LogP contribution >= 0.6 is 0 Å². The molecule has 8 nitrogen and oxygen atoms in total. The van der Waals surface area contributed by atoms with Gasteiger partial charge in [0.15, 0.2) is 17.2 Å². The van der Waals surface area contributed by atoms with Crippen LogP contribution in [0.3, 0.4) is 0 Å². The van der Waals surface area contributed by atoms with Gasteiger partial charge in [-0.3, -0.25) is 14.6 Å². The lowest BCUT2D eigenvalue weighted by Crippen LogP contribution is -2.57. The molecule has 0 spiro atoms. The number of hydrogen-bond acceptors (Lipinski definition) is 6. The molecule has 2 saturated heterocycles. The minimum atomic E-state index is -4.88. The van der Waals surface area contributed by atoms with Gasteiger partial charge in [-0.1, -0.05) is 13.0 Å². The van der Waals surface area contributed by atoms with Gasteiger partial charge in [0.25, 0.3) is 11.8 Å². The summed E-state index contributed by atoms with van der Waals surface area (Å²) in [6, 6.07) is 3.28. The van der Waals surface area contributed by atoms with Crippen molar-refractivity contribution >= 4 is 17.5 Å². The Morgan fingerprint density at radius 3 is 2.58 bits per heavy atom. The minimum Gasteiger partial charge on any atom is -0.493 e. The summed E-state index contributed by atoms with van der Waals surface area (Å²) in [5.41, 5.74) is -2.12. The van der Waals surface area contributed by atoms with Crippen LogP contribution in [0.4, 0.5) is 27.6 Å². The van der Waals surface area contributed by atoms with Crippen LogP contribution in [0.2, 0.25) is 0 Å². The molecule has 204 valence electrons. The standard InChI is InChI=1S/C25H25F5N4O4/c1-11-17(13-4-5-15(26)18(27)20(13)37-3)21(38-24(11,2)25(28,29)30)22(35)33-16-6-7-32-19-14(16)10-34(23(19)36)12-8-31-9-12/h4-7,11-12,17,21,31H,8-10H2,1-3H3,(H,32,33,35)/t11-,17-,21+,24+/m0/s1. The number of anilines is 1. The number of nitrogens with zero attached hydrogens (tertiary/aromatic N) is 2. The summed E-state index contributed by atoms with van der Waals surface area (Å²) >= 11 is 0. The quantitative estimate of drug-likeness (QED) is 0.566. The fourth-order valence-corrected chi connectivity index (χ4v) is 5.36. The highest BCUT2D eigenvalue weighted by molar-refractivity contribution is 6.01. The Balaban J connectivity index is 1.51. The third kappa shape index (κ3) is 3.90. The fourth-order valence-electron chi connectivity index (χ4n) is 5.36. The summed E-state index contributed by atoms with van der Waals surface area (Å²) in [7, 11) is 1.06. The van der Waals surface area contributed by atoms with Crippen molar-refractivity contribution in [1.82, 2.24) is 15.2 Å². The van der Waals surface area contributed by atoms with Crippen LogP contribution < -0.4 is 15.4 Å². The lowest BCUT2D eigenvalue weighted by atomic mass is 9.77. The monoisotopic (exact) mass is 540 g/mol. The molecule has 2 amide bonds. The van der Waals surface area contributed by atoms with Gasteiger partial charge in [0.1, 0.15) is 11.8 Å². The van der Waals surface area contributed by atoms with E-state index in [0.29, 0.717) is 18.7 Å². The van der Waals surface area contributed by atoms with E-state index in [2.05, 4.69) is 15.6 Å². The molecule has 3 aliphatic rings. The van der Waals surface area contributed by atoms with Crippen molar-refractivity contribution in [2.24, 2.45) is 5.92 Å². The zero-order chi connectivity index (χ0) is 27.6. The Hall–Kier alpha value is -3.32. The van der Waals surface area contributed by atoms with Crippen LogP contribution in [0, 0.1) is 17.6 Å². The number of halogens is 5. The number of amides is 2. The number of ether oxygens (including phenoxy) is 2. The van der Waals surface area contributed by atoms with Gasteiger partial charge in [-0.05, 0) is 19.1 Å². The van der Waals surface area contributed by atoms with Gasteiger partial charge in [0, 0.05) is 47.9 Å². The molecule has 38 heavy (non-hydrogen) atoms. The highest BCUT2D eigenvalue weighted by Gasteiger charge is 2.66. The van der Waals surface area contributed by atoms with Gasteiger partial charge in [-0.2, -0.15) is 17.6 Å². The number of pyridine rings is 1. The molecule has 13 heteroatoms. The molecule has 4 atom stereocenters. The summed E-state index contributed by atoms with van der Waals surface area (Å²) in [5.74, 6) is -7.21. The lowest BCUT2D eigenvalue weighted by Gasteiger charge is -2.35. The first kappa shape index (κ1) is 26.3. The summed E-state index contributed by atoms with van der Waals surface area (Å²) in [6.07, 6.45) is -5.31.